The number of benzene rings is 1. The van der Waals surface area contributed by atoms with Crippen molar-refractivity contribution in [2.24, 2.45) is 0 Å². The normalized spacial score (nSPS) is 13.7. The van der Waals surface area contributed by atoms with Crippen molar-refractivity contribution in [2.75, 3.05) is 13.2 Å². The summed E-state index contributed by atoms with van der Waals surface area (Å²) in [6.45, 7) is 17.0. The number of aliphatic hydroxyl groups excluding tert-OH is 1. The number of rotatable bonds is 11. The van der Waals surface area contributed by atoms with Gasteiger partial charge in [0.25, 0.3) is 0 Å². The number of hydrogen-bond acceptors (Lipinski definition) is 5. The van der Waals surface area contributed by atoms with Gasteiger partial charge in [0.1, 0.15) is 12.4 Å². The predicted molar refractivity (Wildman–Crippen MR) is 131 cm³/mol. The van der Waals surface area contributed by atoms with E-state index in [1.165, 1.54) is 0 Å². The van der Waals surface area contributed by atoms with Crippen LogP contribution in [0.3, 0.4) is 0 Å². The van der Waals surface area contributed by atoms with E-state index in [9.17, 15) is 15.2 Å². The fourth-order valence-corrected chi connectivity index (χ4v) is 3.63. The number of hydrogen-bond donors (Lipinski definition) is 1. The molecule has 0 aliphatic heterocycles. The molecule has 5 heteroatoms. The third kappa shape index (κ3) is 6.91. The highest BCUT2D eigenvalue weighted by Gasteiger charge is 2.31. The molecule has 1 aromatic rings. The molecule has 0 saturated carbocycles. The van der Waals surface area contributed by atoms with Gasteiger partial charge in [0.2, 0.25) is 0 Å². The Bertz CT molecular complexity index is 1100. The molecule has 0 bridgehead atoms. The molecule has 0 aliphatic carbocycles. The molecular formula is C28H32N2O3. The molecule has 0 fully saturated rings. The number of carbonyl (C=O) groups excluding carboxylic acids is 1. The summed E-state index contributed by atoms with van der Waals surface area (Å²) < 4.78 is 5.44. The summed E-state index contributed by atoms with van der Waals surface area (Å²) in [5, 5.41) is 28.8. The fourth-order valence-electron chi connectivity index (χ4n) is 3.63. The van der Waals surface area contributed by atoms with Gasteiger partial charge in [-0.15, -0.1) is 0 Å². The first kappa shape index (κ1) is 27.4. The fraction of sp³-hybridized carbons (Fsp3) is 0.321. The summed E-state index contributed by atoms with van der Waals surface area (Å²) in [5.74, 6) is -1.07. The van der Waals surface area contributed by atoms with Crippen LogP contribution in [0.5, 0.6) is 0 Å². The molecule has 5 nitrogen and oxygen atoms in total. The Hall–Kier alpha value is -3.67. The van der Waals surface area contributed by atoms with Crippen LogP contribution in [0, 0.1) is 29.6 Å². The van der Waals surface area contributed by atoms with E-state index in [1.54, 1.807) is 31.2 Å². The summed E-state index contributed by atoms with van der Waals surface area (Å²) in [6, 6.07) is 9.38. The standard InChI is InChI=1S/C28H32N2O3/c1-8-18(3)21(6)27(22(7)31)28(24-12-11-23(16-30)15-20(24)5)26(19(4)9-2)25(32)17-33-14-10-13-29/h8-9,11-12,15,28,31H,2,7,10,14,17H2,1,3-6H3/b18-8-,26-19-,27-21+/t28-/m1/s1. The van der Waals surface area contributed by atoms with Gasteiger partial charge < -0.3 is 9.84 Å². The van der Waals surface area contributed by atoms with Crippen molar-refractivity contribution in [3.05, 3.63) is 93.8 Å². The minimum absolute atomic E-state index is 0.143. The van der Waals surface area contributed by atoms with Gasteiger partial charge in [-0.05, 0) is 69.0 Å². The SMILES string of the molecule is C=C/C(C)=C(/C(=O)COCCC#N)[C@H](/C(C(=C)O)=C(C)/C(C)=C\C)c1ccc(C#N)cc1C. The largest absolute Gasteiger partial charge is 0.508 e. The highest BCUT2D eigenvalue weighted by molar-refractivity contribution is 6.00. The van der Waals surface area contributed by atoms with Crippen molar-refractivity contribution >= 4 is 5.78 Å². The number of ketones is 1. The summed E-state index contributed by atoms with van der Waals surface area (Å²) >= 11 is 0. The number of Topliss-reactive ketones (excluding diaryl/α,β-unsaturated/α-hetero) is 1. The van der Waals surface area contributed by atoms with Gasteiger partial charge in [0.15, 0.2) is 5.78 Å². The highest BCUT2D eigenvalue weighted by atomic mass is 16.5. The van der Waals surface area contributed by atoms with E-state index < -0.39 is 5.92 Å². The van der Waals surface area contributed by atoms with E-state index in [1.807, 2.05) is 39.8 Å². The van der Waals surface area contributed by atoms with Crippen molar-refractivity contribution in [3.63, 3.8) is 0 Å². The number of ether oxygens (including phenoxy) is 1. The lowest BCUT2D eigenvalue weighted by molar-refractivity contribution is -0.120. The molecule has 0 saturated heterocycles. The second kappa shape index (κ2) is 13.0. The van der Waals surface area contributed by atoms with Crippen molar-refractivity contribution < 1.29 is 14.6 Å². The Morgan fingerprint density at radius 3 is 2.39 bits per heavy atom. The maximum Gasteiger partial charge on any atom is 0.185 e. The second-order valence-electron chi connectivity index (χ2n) is 7.76. The molecule has 0 unspecified atom stereocenters. The van der Waals surface area contributed by atoms with Gasteiger partial charge in [-0.1, -0.05) is 36.9 Å². The van der Waals surface area contributed by atoms with Crippen LogP contribution < -0.4 is 0 Å². The van der Waals surface area contributed by atoms with Crippen LogP contribution in [0.2, 0.25) is 0 Å². The minimum Gasteiger partial charge on any atom is -0.508 e. The Balaban J connectivity index is 3.95. The van der Waals surface area contributed by atoms with Crippen LogP contribution in [0.25, 0.3) is 0 Å². The first-order valence-electron chi connectivity index (χ1n) is 10.7. The average Bonchev–Trinajstić information content (AvgIpc) is 2.80. The summed E-state index contributed by atoms with van der Waals surface area (Å²) in [5.41, 5.74) is 5.38. The monoisotopic (exact) mass is 444 g/mol. The van der Waals surface area contributed by atoms with Gasteiger partial charge in [-0.25, -0.2) is 0 Å². The third-order valence-corrected chi connectivity index (χ3v) is 5.65. The maximum atomic E-state index is 13.4. The molecular weight excluding hydrogens is 412 g/mol. The van der Waals surface area contributed by atoms with Crippen molar-refractivity contribution in [1.82, 2.24) is 0 Å². The van der Waals surface area contributed by atoms with Crippen molar-refractivity contribution in [3.8, 4) is 12.1 Å². The molecule has 0 aromatic heterocycles. The van der Waals surface area contributed by atoms with Gasteiger partial charge in [-0.3, -0.25) is 4.79 Å². The summed E-state index contributed by atoms with van der Waals surface area (Å²) in [4.78, 5) is 13.4. The summed E-state index contributed by atoms with van der Waals surface area (Å²) in [6.07, 6.45) is 3.71. The van der Waals surface area contributed by atoms with Gasteiger partial charge >= 0.3 is 0 Å². The van der Waals surface area contributed by atoms with E-state index in [0.717, 1.165) is 22.3 Å². The first-order chi connectivity index (χ1) is 15.6. The van der Waals surface area contributed by atoms with Crippen LogP contribution in [-0.2, 0) is 9.53 Å². The van der Waals surface area contributed by atoms with Gasteiger partial charge in [-0.2, -0.15) is 10.5 Å². The number of aliphatic hydroxyl groups is 1. The predicted octanol–water partition coefficient (Wildman–Crippen LogP) is 6.31. The lowest BCUT2D eigenvalue weighted by Gasteiger charge is -2.28. The molecule has 172 valence electrons. The molecule has 1 rings (SSSR count). The second-order valence-corrected chi connectivity index (χ2v) is 7.76. The quantitative estimate of drug-likeness (QED) is 0.187. The van der Waals surface area contributed by atoms with Crippen LogP contribution >= 0.6 is 0 Å². The summed E-state index contributed by atoms with van der Waals surface area (Å²) in [7, 11) is 0. The van der Waals surface area contributed by atoms with Crippen LogP contribution in [0.1, 0.15) is 56.7 Å². The van der Waals surface area contributed by atoms with E-state index >= 15 is 0 Å². The lowest BCUT2D eigenvalue weighted by atomic mass is 9.75. The molecule has 0 amide bonds. The third-order valence-electron chi connectivity index (χ3n) is 5.65. The zero-order valence-corrected chi connectivity index (χ0v) is 20.2. The molecule has 0 spiro atoms. The molecule has 1 atom stereocenters. The first-order valence-corrected chi connectivity index (χ1v) is 10.7. The van der Waals surface area contributed by atoms with Gasteiger partial charge in [0, 0.05) is 17.1 Å². The van der Waals surface area contributed by atoms with Crippen molar-refractivity contribution in [1.29, 1.82) is 10.5 Å². The zero-order chi connectivity index (χ0) is 25.1. The maximum absolute atomic E-state index is 13.4. The van der Waals surface area contributed by atoms with E-state index in [0.29, 0.717) is 22.3 Å². The van der Waals surface area contributed by atoms with Crippen LogP contribution in [0.15, 0.2) is 77.1 Å². The van der Waals surface area contributed by atoms with Crippen molar-refractivity contribution in [2.45, 2.75) is 47.0 Å². The molecule has 1 aromatic carbocycles. The Kier molecular flexibility index (Phi) is 10.8. The Morgan fingerprint density at radius 1 is 1.24 bits per heavy atom. The highest BCUT2D eigenvalue weighted by Crippen LogP contribution is 2.41. The Labute approximate surface area is 197 Å². The molecule has 0 heterocycles. The number of aryl methyl sites for hydroxylation is 1. The lowest BCUT2D eigenvalue weighted by Crippen LogP contribution is -2.22. The molecule has 1 N–H and O–H groups in total. The van der Waals surface area contributed by atoms with Crippen LogP contribution in [0.4, 0.5) is 0 Å². The van der Waals surface area contributed by atoms with E-state index in [-0.39, 0.29) is 31.2 Å². The number of nitrogens with zero attached hydrogens (tertiary/aromatic N) is 2. The number of nitriles is 2. The molecule has 0 radical (unpaired) electrons. The van der Waals surface area contributed by atoms with Gasteiger partial charge in [0.05, 0.1) is 30.7 Å². The number of carbonyl (C=O) groups is 1. The zero-order valence-electron chi connectivity index (χ0n) is 20.2. The minimum atomic E-state index is -0.657. The number of allylic oxidation sites excluding steroid dienone is 6. The topological polar surface area (TPSA) is 94.1 Å². The van der Waals surface area contributed by atoms with E-state index in [4.69, 9.17) is 10.00 Å². The molecule has 33 heavy (non-hydrogen) atoms. The van der Waals surface area contributed by atoms with Crippen LogP contribution in [-0.4, -0.2) is 24.1 Å². The average molecular weight is 445 g/mol. The smallest absolute Gasteiger partial charge is 0.185 e. The molecule has 0 aliphatic rings. The van der Waals surface area contributed by atoms with E-state index in [2.05, 4.69) is 19.2 Å². The Morgan fingerprint density at radius 2 is 1.91 bits per heavy atom.